The van der Waals surface area contributed by atoms with Crippen LogP contribution in [0.4, 0.5) is 11.4 Å². The lowest BCUT2D eigenvalue weighted by Gasteiger charge is -2.24. The molecule has 1 aromatic rings. The average molecular weight is 291 g/mol. The van der Waals surface area contributed by atoms with Crippen LogP contribution in [-0.4, -0.2) is 30.4 Å². The summed E-state index contributed by atoms with van der Waals surface area (Å²) in [6.07, 6.45) is 2.30. The van der Waals surface area contributed by atoms with Gasteiger partial charge in [-0.2, -0.15) is 0 Å². The zero-order valence-electron chi connectivity index (χ0n) is 13.8. The molecule has 21 heavy (non-hydrogen) atoms. The smallest absolute Gasteiger partial charge is 0.238 e. The van der Waals surface area contributed by atoms with Crippen molar-refractivity contribution in [3.05, 3.63) is 23.8 Å². The van der Waals surface area contributed by atoms with Gasteiger partial charge in [0.05, 0.1) is 17.9 Å². The van der Waals surface area contributed by atoms with Gasteiger partial charge >= 0.3 is 0 Å². The summed E-state index contributed by atoms with van der Waals surface area (Å²) in [5, 5.41) is 2.91. The second kappa shape index (κ2) is 8.67. The Labute approximate surface area is 128 Å². The van der Waals surface area contributed by atoms with Crippen LogP contribution >= 0.6 is 0 Å². The van der Waals surface area contributed by atoms with Crippen molar-refractivity contribution in [2.24, 2.45) is 5.92 Å². The Morgan fingerprint density at radius 2 is 1.95 bits per heavy atom. The molecular formula is C17H29N3O. The van der Waals surface area contributed by atoms with E-state index >= 15 is 0 Å². The number of nitrogens with two attached hydrogens (primary N) is 1. The normalized spacial score (nSPS) is 11.1. The number of hydrogen-bond donors (Lipinski definition) is 2. The van der Waals surface area contributed by atoms with Gasteiger partial charge in [0.1, 0.15) is 0 Å². The van der Waals surface area contributed by atoms with Gasteiger partial charge in [-0.15, -0.1) is 0 Å². The van der Waals surface area contributed by atoms with Crippen molar-refractivity contribution < 1.29 is 4.79 Å². The predicted octanol–water partition coefficient (Wildman–Crippen LogP) is 3.27. The number of rotatable bonds is 8. The summed E-state index contributed by atoms with van der Waals surface area (Å²) in [4.78, 5) is 14.4. The standard InChI is InChI=1S/C17H29N3O/c1-5-14(6-2)11-20(7-3)12-17(21)19-16-9-8-13(4)10-15(16)18/h8-10,14H,5-7,11-12,18H2,1-4H3,(H,19,21). The van der Waals surface area contributed by atoms with Crippen LogP contribution in [0.3, 0.4) is 0 Å². The molecule has 0 atom stereocenters. The maximum Gasteiger partial charge on any atom is 0.238 e. The van der Waals surface area contributed by atoms with Crippen molar-refractivity contribution >= 4 is 17.3 Å². The fourth-order valence-corrected chi connectivity index (χ4v) is 2.41. The van der Waals surface area contributed by atoms with Gasteiger partial charge < -0.3 is 11.1 Å². The number of likely N-dealkylation sites (N-methyl/N-ethyl adjacent to an activating group) is 1. The molecule has 0 saturated heterocycles. The monoisotopic (exact) mass is 291 g/mol. The lowest BCUT2D eigenvalue weighted by Crippen LogP contribution is -2.36. The molecule has 0 bridgehead atoms. The molecule has 0 saturated carbocycles. The summed E-state index contributed by atoms with van der Waals surface area (Å²) < 4.78 is 0. The zero-order chi connectivity index (χ0) is 15.8. The summed E-state index contributed by atoms with van der Waals surface area (Å²) in [5.74, 6) is 0.653. The number of nitrogens with one attached hydrogen (secondary N) is 1. The van der Waals surface area contributed by atoms with Gasteiger partial charge in [-0.3, -0.25) is 9.69 Å². The van der Waals surface area contributed by atoms with Crippen LogP contribution in [0.25, 0.3) is 0 Å². The maximum atomic E-state index is 12.2. The molecule has 1 rings (SSSR count). The molecule has 0 aliphatic rings. The minimum Gasteiger partial charge on any atom is -0.397 e. The number of aryl methyl sites for hydroxylation is 1. The van der Waals surface area contributed by atoms with Crippen LogP contribution in [0.2, 0.25) is 0 Å². The first-order chi connectivity index (χ1) is 9.99. The van der Waals surface area contributed by atoms with E-state index in [1.807, 2.05) is 25.1 Å². The predicted molar refractivity (Wildman–Crippen MR) is 90.4 cm³/mol. The molecule has 0 heterocycles. The summed E-state index contributed by atoms with van der Waals surface area (Å²) in [6, 6.07) is 5.69. The van der Waals surface area contributed by atoms with Gasteiger partial charge in [-0.25, -0.2) is 0 Å². The maximum absolute atomic E-state index is 12.2. The molecule has 4 heteroatoms. The molecule has 0 spiro atoms. The van der Waals surface area contributed by atoms with Crippen molar-refractivity contribution in [2.45, 2.75) is 40.5 Å². The minimum absolute atomic E-state index is 0.00152. The SMILES string of the molecule is CCC(CC)CN(CC)CC(=O)Nc1ccc(C)cc1N. The summed E-state index contributed by atoms with van der Waals surface area (Å²) in [7, 11) is 0. The number of nitrogens with zero attached hydrogens (tertiary/aromatic N) is 1. The topological polar surface area (TPSA) is 58.4 Å². The van der Waals surface area contributed by atoms with Crippen LogP contribution in [0.5, 0.6) is 0 Å². The molecule has 0 aliphatic heterocycles. The number of amides is 1. The molecule has 0 unspecified atom stereocenters. The molecule has 4 nitrogen and oxygen atoms in total. The first-order valence-electron chi connectivity index (χ1n) is 7.88. The van der Waals surface area contributed by atoms with Gasteiger partial charge in [0.15, 0.2) is 0 Å². The number of anilines is 2. The van der Waals surface area contributed by atoms with Gasteiger partial charge in [0.25, 0.3) is 0 Å². The van der Waals surface area contributed by atoms with Crippen LogP contribution in [0.15, 0.2) is 18.2 Å². The molecule has 0 radical (unpaired) electrons. The van der Waals surface area contributed by atoms with Crippen molar-refractivity contribution in [3.63, 3.8) is 0 Å². The van der Waals surface area contributed by atoms with Crippen LogP contribution in [0, 0.1) is 12.8 Å². The molecule has 1 amide bonds. The third kappa shape index (κ3) is 5.76. The van der Waals surface area contributed by atoms with E-state index in [4.69, 9.17) is 5.73 Å². The van der Waals surface area contributed by atoms with Crippen molar-refractivity contribution in [3.8, 4) is 0 Å². The van der Waals surface area contributed by atoms with E-state index in [1.54, 1.807) is 0 Å². The van der Waals surface area contributed by atoms with Crippen molar-refractivity contribution in [2.75, 3.05) is 30.7 Å². The summed E-state index contributed by atoms with van der Waals surface area (Å²) >= 11 is 0. The van der Waals surface area contributed by atoms with Crippen molar-refractivity contribution in [1.82, 2.24) is 4.90 Å². The lowest BCUT2D eigenvalue weighted by molar-refractivity contribution is -0.117. The first kappa shape index (κ1) is 17.5. The van der Waals surface area contributed by atoms with Gasteiger partial charge in [-0.05, 0) is 37.1 Å². The quantitative estimate of drug-likeness (QED) is 0.723. The fraction of sp³-hybridized carbons (Fsp3) is 0.588. The third-order valence-electron chi connectivity index (χ3n) is 3.97. The Morgan fingerprint density at radius 1 is 1.29 bits per heavy atom. The molecule has 0 fully saturated rings. The van der Waals surface area contributed by atoms with E-state index < -0.39 is 0 Å². The second-order valence-corrected chi connectivity index (χ2v) is 5.65. The van der Waals surface area contributed by atoms with E-state index in [1.165, 1.54) is 0 Å². The van der Waals surface area contributed by atoms with E-state index in [9.17, 15) is 4.79 Å². The molecule has 1 aromatic carbocycles. The van der Waals surface area contributed by atoms with E-state index in [0.29, 0.717) is 23.8 Å². The Balaban J connectivity index is 2.58. The Bertz CT molecular complexity index is 455. The zero-order valence-corrected chi connectivity index (χ0v) is 13.8. The largest absolute Gasteiger partial charge is 0.397 e. The number of benzene rings is 1. The summed E-state index contributed by atoms with van der Waals surface area (Å²) in [6.45, 7) is 10.8. The number of carbonyl (C=O) groups is 1. The average Bonchev–Trinajstić information content (AvgIpc) is 2.46. The highest BCUT2D eigenvalue weighted by atomic mass is 16.2. The summed E-state index contributed by atoms with van der Waals surface area (Å²) in [5.41, 5.74) is 8.34. The molecular weight excluding hydrogens is 262 g/mol. The fourth-order valence-electron chi connectivity index (χ4n) is 2.41. The van der Waals surface area contributed by atoms with Crippen LogP contribution in [0.1, 0.15) is 39.2 Å². The van der Waals surface area contributed by atoms with E-state index in [-0.39, 0.29) is 5.91 Å². The molecule has 3 N–H and O–H groups in total. The van der Waals surface area contributed by atoms with Crippen molar-refractivity contribution in [1.29, 1.82) is 0 Å². The highest BCUT2D eigenvalue weighted by molar-refractivity contribution is 5.95. The minimum atomic E-state index is -0.00152. The number of carbonyl (C=O) groups excluding carboxylic acids is 1. The second-order valence-electron chi connectivity index (χ2n) is 5.65. The van der Waals surface area contributed by atoms with E-state index in [2.05, 4.69) is 31.0 Å². The Morgan fingerprint density at radius 3 is 2.48 bits per heavy atom. The van der Waals surface area contributed by atoms with Gasteiger partial charge in [-0.1, -0.05) is 39.7 Å². The van der Waals surface area contributed by atoms with Crippen LogP contribution < -0.4 is 11.1 Å². The number of nitrogen functional groups attached to an aromatic ring is 1. The highest BCUT2D eigenvalue weighted by Crippen LogP contribution is 2.19. The van der Waals surface area contributed by atoms with Crippen LogP contribution in [-0.2, 0) is 4.79 Å². The first-order valence-corrected chi connectivity index (χ1v) is 7.88. The molecule has 0 aliphatic carbocycles. The van der Waals surface area contributed by atoms with Gasteiger partial charge in [0, 0.05) is 6.54 Å². The Hall–Kier alpha value is -1.55. The third-order valence-corrected chi connectivity index (χ3v) is 3.97. The highest BCUT2D eigenvalue weighted by Gasteiger charge is 2.14. The lowest BCUT2D eigenvalue weighted by atomic mass is 10.0. The van der Waals surface area contributed by atoms with Gasteiger partial charge in [0.2, 0.25) is 5.91 Å². The molecule has 118 valence electrons. The van der Waals surface area contributed by atoms with E-state index in [0.717, 1.165) is 31.5 Å². The Kier molecular flexibility index (Phi) is 7.23. The molecule has 0 aromatic heterocycles. The number of hydrogen-bond acceptors (Lipinski definition) is 3.